The Hall–Kier alpha value is -2.34. The number of nitrogens with zero attached hydrogens (tertiary/aromatic N) is 1. The first-order valence-electron chi connectivity index (χ1n) is 8.06. The summed E-state index contributed by atoms with van der Waals surface area (Å²) in [7, 11) is 0. The minimum absolute atomic E-state index is 0.0316. The summed E-state index contributed by atoms with van der Waals surface area (Å²) >= 11 is 1.63. The van der Waals surface area contributed by atoms with E-state index in [0.29, 0.717) is 12.2 Å². The molecule has 3 heterocycles. The van der Waals surface area contributed by atoms with Gasteiger partial charge in [-0.1, -0.05) is 6.07 Å². The molecule has 1 amide bonds. The fraction of sp³-hybridized carbons (Fsp3) is 0.278. The highest BCUT2D eigenvalue weighted by Gasteiger charge is 2.25. The molecule has 1 aliphatic heterocycles. The molecule has 1 aliphatic rings. The molecule has 2 aromatic heterocycles. The first kappa shape index (κ1) is 15.2. The van der Waals surface area contributed by atoms with Crippen molar-refractivity contribution in [1.82, 2.24) is 9.88 Å². The molecule has 1 atom stereocenters. The summed E-state index contributed by atoms with van der Waals surface area (Å²) in [6.45, 7) is 1.38. The number of piperidine rings is 1. The van der Waals surface area contributed by atoms with Crippen molar-refractivity contribution in [2.75, 3.05) is 18.4 Å². The number of rotatable bonds is 3. The van der Waals surface area contributed by atoms with Gasteiger partial charge in [0.25, 0.3) is 5.91 Å². The van der Waals surface area contributed by atoms with E-state index >= 15 is 0 Å². The van der Waals surface area contributed by atoms with Crippen molar-refractivity contribution in [3.05, 3.63) is 53.3 Å². The molecule has 0 spiro atoms. The minimum atomic E-state index is -0.254. The van der Waals surface area contributed by atoms with Crippen LogP contribution in [-0.4, -0.2) is 34.9 Å². The van der Waals surface area contributed by atoms with Gasteiger partial charge in [0.2, 0.25) is 0 Å². The molecule has 0 bridgehead atoms. The molecule has 0 saturated carbocycles. The highest BCUT2D eigenvalue weighted by atomic mass is 32.1. The van der Waals surface area contributed by atoms with Crippen molar-refractivity contribution < 1.29 is 9.18 Å². The zero-order valence-corrected chi connectivity index (χ0v) is 13.9. The molecule has 3 aromatic rings. The highest BCUT2D eigenvalue weighted by Crippen LogP contribution is 2.23. The van der Waals surface area contributed by atoms with Crippen LogP contribution in [0, 0.1) is 5.82 Å². The molecular weight excluding hydrogens is 325 g/mol. The first-order valence-corrected chi connectivity index (χ1v) is 8.94. The van der Waals surface area contributed by atoms with Crippen molar-refractivity contribution in [1.29, 1.82) is 0 Å². The number of hydrogen-bond donors (Lipinski definition) is 2. The van der Waals surface area contributed by atoms with Gasteiger partial charge >= 0.3 is 0 Å². The fourth-order valence-corrected chi connectivity index (χ4v) is 4.01. The Kier molecular flexibility index (Phi) is 3.98. The van der Waals surface area contributed by atoms with Crippen LogP contribution in [0.1, 0.15) is 23.3 Å². The molecule has 1 aromatic carbocycles. The van der Waals surface area contributed by atoms with Crippen LogP contribution in [0.4, 0.5) is 10.1 Å². The van der Waals surface area contributed by atoms with Crippen molar-refractivity contribution in [2.45, 2.75) is 18.9 Å². The lowest BCUT2D eigenvalue weighted by Gasteiger charge is -2.33. The van der Waals surface area contributed by atoms with E-state index in [-0.39, 0.29) is 17.8 Å². The van der Waals surface area contributed by atoms with Gasteiger partial charge in [0.05, 0.1) is 10.2 Å². The summed E-state index contributed by atoms with van der Waals surface area (Å²) in [5.41, 5.74) is 2.41. The lowest BCUT2D eigenvalue weighted by atomic mass is 10.0. The molecule has 24 heavy (non-hydrogen) atoms. The van der Waals surface area contributed by atoms with Crippen LogP contribution in [0.25, 0.3) is 10.2 Å². The summed E-state index contributed by atoms with van der Waals surface area (Å²) in [6.07, 6.45) is 1.91. The van der Waals surface area contributed by atoms with Crippen LogP contribution in [0.2, 0.25) is 0 Å². The smallest absolute Gasteiger partial charge is 0.270 e. The maximum atomic E-state index is 13.3. The van der Waals surface area contributed by atoms with Gasteiger partial charge in [-0.25, -0.2) is 4.39 Å². The van der Waals surface area contributed by atoms with E-state index in [1.807, 2.05) is 28.5 Å². The Balaban J connectivity index is 1.46. The van der Waals surface area contributed by atoms with Gasteiger partial charge in [0.15, 0.2) is 0 Å². The van der Waals surface area contributed by atoms with E-state index in [2.05, 4.69) is 10.3 Å². The van der Waals surface area contributed by atoms with E-state index in [0.717, 1.165) is 35.3 Å². The Morgan fingerprint density at radius 3 is 3.08 bits per heavy atom. The molecule has 1 fully saturated rings. The number of fused-ring (bicyclic) bond motifs is 1. The van der Waals surface area contributed by atoms with Crippen LogP contribution >= 0.6 is 11.3 Å². The summed E-state index contributed by atoms with van der Waals surface area (Å²) in [4.78, 5) is 17.8. The number of halogens is 1. The SMILES string of the molecule is O=C(c1cc2sccc2[nH]1)N1CCCC(Nc2cccc(F)c2)C1. The first-order chi connectivity index (χ1) is 11.7. The standard InChI is InChI=1S/C18H18FN3OS/c19-12-3-1-4-13(9-12)20-14-5-2-7-22(11-14)18(23)16-10-17-15(21-16)6-8-24-17/h1,3-4,6,8-10,14,20-21H,2,5,7,11H2. The van der Waals surface area contributed by atoms with Crippen LogP contribution in [0.5, 0.6) is 0 Å². The van der Waals surface area contributed by atoms with Crippen LogP contribution in [-0.2, 0) is 0 Å². The monoisotopic (exact) mass is 343 g/mol. The molecule has 124 valence electrons. The van der Waals surface area contributed by atoms with Crippen molar-refractivity contribution in [3.63, 3.8) is 0 Å². The number of aromatic amines is 1. The summed E-state index contributed by atoms with van der Waals surface area (Å²) in [5.74, 6) is -0.223. The van der Waals surface area contributed by atoms with Crippen molar-refractivity contribution in [3.8, 4) is 0 Å². The number of benzene rings is 1. The second-order valence-corrected chi connectivity index (χ2v) is 7.07. The quantitative estimate of drug-likeness (QED) is 0.753. The van der Waals surface area contributed by atoms with E-state index in [1.54, 1.807) is 17.4 Å². The molecular formula is C18H18FN3OS. The Bertz CT molecular complexity index is 843. The Labute approximate surface area is 143 Å². The number of nitrogens with one attached hydrogen (secondary N) is 2. The number of hydrogen-bond acceptors (Lipinski definition) is 3. The van der Waals surface area contributed by atoms with Gasteiger partial charge in [-0.3, -0.25) is 4.79 Å². The fourth-order valence-electron chi connectivity index (χ4n) is 3.23. The second-order valence-electron chi connectivity index (χ2n) is 6.13. The van der Waals surface area contributed by atoms with Gasteiger partial charge in [0.1, 0.15) is 11.5 Å². The van der Waals surface area contributed by atoms with Gasteiger partial charge in [-0.2, -0.15) is 0 Å². The summed E-state index contributed by atoms with van der Waals surface area (Å²) in [5, 5.41) is 5.35. The van der Waals surface area contributed by atoms with Crippen molar-refractivity contribution in [2.24, 2.45) is 0 Å². The van der Waals surface area contributed by atoms with E-state index in [4.69, 9.17) is 0 Å². The number of anilines is 1. The summed E-state index contributed by atoms with van der Waals surface area (Å²) < 4.78 is 14.4. The molecule has 1 saturated heterocycles. The molecule has 0 radical (unpaired) electrons. The Morgan fingerprint density at radius 1 is 1.33 bits per heavy atom. The van der Waals surface area contributed by atoms with Gasteiger partial charge in [-0.05, 0) is 48.6 Å². The van der Waals surface area contributed by atoms with E-state index in [1.165, 1.54) is 12.1 Å². The Morgan fingerprint density at radius 2 is 2.25 bits per heavy atom. The minimum Gasteiger partial charge on any atom is -0.380 e. The maximum Gasteiger partial charge on any atom is 0.270 e. The third-order valence-corrected chi connectivity index (χ3v) is 5.24. The van der Waals surface area contributed by atoms with Crippen LogP contribution in [0.3, 0.4) is 0 Å². The van der Waals surface area contributed by atoms with E-state index < -0.39 is 0 Å². The van der Waals surface area contributed by atoms with Crippen LogP contribution < -0.4 is 5.32 Å². The zero-order valence-electron chi connectivity index (χ0n) is 13.1. The highest BCUT2D eigenvalue weighted by molar-refractivity contribution is 7.17. The third-order valence-electron chi connectivity index (χ3n) is 4.37. The normalized spacial score (nSPS) is 18.0. The van der Waals surface area contributed by atoms with Crippen molar-refractivity contribution >= 4 is 33.1 Å². The molecule has 6 heteroatoms. The number of thiophene rings is 1. The number of aromatic nitrogens is 1. The number of carbonyl (C=O) groups is 1. The summed E-state index contributed by atoms with van der Waals surface area (Å²) in [6, 6.07) is 10.5. The lowest BCUT2D eigenvalue weighted by molar-refractivity contribution is 0.0710. The number of H-pyrrole nitrogens is 1. The predicted molar refractivity (Wildman–Crippen MR) is 95.1 cm³/mol. The maximum absolute atomic E-state index is 13.3. The predicted octanol–water partition coefficient (Wildman–Crippen LogP) is 4.09. The largest absolute Gasteiger partial charge is 0.380 e. The van der Waals surface area contributed by atoms with Gasteiger partial charge in [-0.15, -0.1) is 11.3 Å². The number of amides is 1. The van der Waals surface area contributed by atoms with E-state index in [9.17, 15) is 9.18 Å². The molecule has 1 unspecified atom stereocenters. The average molecular weight is 343 g/mol. The molecule has 2 N–H and O–H groups in total. The molecule has 4 nitrogen and oxygen atoms in total. The average Bonchev–Trinajstić information content (AvgIpc) is 3.16. The van der Waals surface area contributed by atoms with Gasteiger partial charge < -0.3 is 15.2 Å². The molecule has 4 rings (SSSR count). The number of carbonyl (C=O) groups excluding carboxylic acids is 1. The third kappa shape index (κ3) is 3.01. The van der Waals surface area contributed by atoms with Crippen LogP contribution in [0.15, 0.2) is 41.8 Å². The second kappa shape index (κ2) is 6.28. The lowest BCUT2D eigenvalue weighted by Crippen LogP contribution is -2.45. The number of likely N-dealkylation sites (tertiary alicyclic amines) is 1. The topological polar surface area (TPSA) is 48.1 Å². The molecule has 0 aliphatic carbocycles. The van der Waals surface area contributed by atoms with Gasteiger partial charge in [0, 0.05) is 24.8 Å². The zero-order chi connectivity index (χ0) is 16.5.